The maximum Gasteiger partial charge on any atom is 0.169 e. The number of fused-ring (bicyclic) bond motifs is 2. The van der Waals surface area contributed by atoms with Gasteiger partial charge in [0.05, 0.1) is 23.7 Å². The minimum Gasteiger partial charge on any atom is -0.507 e. The van der Waals surface area contributed by atoms with Crippen LogP contribution in [0.3, 0.4) is 0 Å². The lowest BCUT2D eigenvalue weighted by atomic mass is 9.79. The number of hydrogen-bond donors (Lipinski definition) is 3. The van der Waals surface area contributed by atoms with Gasteiger partial charge in [-0.2, -0.15) is 0 Å². The molecule has 2 aromatic carbocycles. The second-order valence-corrected chi connectivity index (χ2v) is 9.11. The standard InChI is InChI=1S/C26H32O5/c1-15(2)7-6-8-16(3)9-10-19-21(31-5)12-17-11-18-13-26(4,30)14-20(27)22(18)25(29)23(17)24(19)28/h7,9,11-12,28-30H,6,8,10,13-14H2,1-5H3/t26-/m1/s1. The lowest BCUT2D eigenvalue weighted by molar-refractivity contribution is 0.0409. The summed E-state index contributed by atoms with van der Waals surface area (Å²) in [5.74, 6) is -0.101. The number of benzene rings is 2. The molecule has 0 fully saturated rings. The number of aromatic hydroxyl groups is 2. The minimum absolute atomic E-state index is 0.0591. The van der Waals surface area contributed by atoms with Crippen molar-refractivity contribution in [2.24, 2.45) is 0 Å². The molecule has 0 unspecified atom stereocenters. The minimum atomic E-state index is -1.15. The van der Waals surface area contributed by atoms with Gasteiger partial charge in [0, 0.05) is 18.4 Å². The number of ether oxygens (including phenoxy) is 1. The first-order valence-electron chi connectivity index (χ1n) is 10.7. The van der Waals surface area contributed by atoms with Crippen LogP contribution < -0.4 is 4.74 Å². The van der Waals surface area contributed by atoms with Gasteiger partial charge in [-0.3, -0.25) is 4.79 Å². The lowest BCUT2D eigenvalue weighted by Gasteiger charge is -2.30. The average Bonchev–Trinajstić information content (AvgIpc) is 2.64. The van der Waals surface area contributed by atoms with E-state index in [4.69, 9.17) is 4.74 Å². The Labute approximate surface area is 183 Å². The summed E-state index contributed by atoms with van der Waals surface area (Å²) >= 11 is 0. The molecule has 0 spiro atoms. The van der Waals surface area contributed by atoms with E-state index in [1.54, 1.807) is 26.2 Å². The lowest BCUT2D eigenvalue weighted by Crippen LogP contribution is -2.35. The third-order valence-electron chi connectivity index (χ3n) is 5.88. The highest BCUT2D eigenvalue weighted by molar-refractivity contribution is 6.09. The van der Waals surface area contributed by atoms with Crippen LogP contribution in [0.25, 0.3) is 10.8 Å². The fourth-order valence-electron chi connectivity index (χ4n) is 4.31. The molecule has 0 radical (unpaired) electrons. The van der Waals surface area contributed by atoms with Crippen molar-refractivity contribution >= 4 is 16.6 Å². The van der Waals surface area contributed by atoms with Crippen molar-refractivity contribution in [2.75, 3.05) is 7.11 Å². The Morgan fingerprint density at radius 2 is 1.84 bits per heavy atom. The quantitative estimate of drug-likeness (QED) is 0.542. The summed E-state index contributed by atoms with van der Waals surface area (Å²) in [7, 11) is 1.54. The number of hydrogen-bond acceptors (Lipinski definition) is 5. The average molecular weight is 425 g/mol. The predicted octanol–water partition coefficient (Wildman–Crippen LogP) is 5.37. The summed E-state index contributed by atoms with van der Waals surface area (Å²) in [6.07, 6.45) is 6.79. The molecule has 166 valence electrons. The van der Waals surface area contributed by atoms with Crippen LogP contribution in [0.15, 0.2) is 35.4 Å². The van der Waals surface area contributed by atoms with E-state index >= 15 is 0 Å². The topological polar surface area (TPSA) is 87.0 Å². The number of methoxy groups -OCH3 is 1. The first kappa shape index (κ1) is 22.9. The number of Topliss-reactive ketones (excluding diaryl/α,β-unsaturated/α-hetero) is 1. The van der Waals surface area contributed by atoms with E-state index in [1.165, 1.54) is 11.1 Å². The second-order valence-electron chi connectivity index (χ2n) is 9.11. The molecule has 3 rings (SSSR count). The molecule has 1 atom stereocenters. The van der Waals surface area contributed by atoms with Gasteiger partial charge in [0.15, 0.2) is 5.78 Å². The van der Waals surface area contributed by atoms with Crippen LogP contribution in [0.1, 0.15) is 68.4 Å². The van der Waals surface area contributed by atoms with Gasteiger partial charge in [-0.1, -0.05) is 23.3 Å². The van der Waals surface area contributed by atoms with Crippen LogP contribution in [0, 0.1) is 0 Å². The van der Waals surface area contributed by atoms with Gasteiger partial charge >= 0.3 is 0 Å². The summed E-state index contributed by atoms with van der Waals surface area (Å²) < 4.78 is 5.53. The van der Waals surface area contributed by atoms with Crippen LogP contribution in [0.4, 0.5) is 0 Å². The molecule has 1 aliphatic carbocycles. The maximum absolute atomic E-state index is 12.6. The Bertz CT molecular complexity index is 1090. The molecule has 0 heterocycles. The fourth-order valence-corrected chi connectivity index (χ4v) is 4.31. The highest BCUT2D eigenvalue weighted by atomic mass is 16.5. The first-order valence-corrected chi connectivity index (χ1v) is 10.7. The van der Waals surface area contributed by atoms with Gasteiger partial charge in [-0.25, -0.2) is 0 Å². The summed E-state index contributed by atoms with van der Waals surface area (Å²) in [4.78, 5) is 12.6. The van der Waals surface area contributed by atoms with Gasteiger partial charge in [0.25, 0.3) is 0 Å². The Kier molecular flexibility index (Phi) is 6.46. The molecule has 3 N–H and O–H groups in total. The highest BCUT2D eigenvalue weighted by Gasteiger charge is 2.36. The monoisotopic (exact) mass is 424 g/mol. The number of allylic oxidation sites excluding steroid dienone is 4. The third-order valence-corrected chi connectivity index (χ3v) is 5.88. The highest BCUT2D eigenvalue weighted by Crippen LogP contribution is 2.46. The number of aliphatic hydroxyl groups is 1. The van der Waals surface area contributed by atoms with Crippen molar-refractivity contribution in [3.63, 3.8) is 0 Å². The van der Waals surface area contributed by atoms with Crippen LogP contribution in [-0.2, 0) is 12.8 Å². The number of carbonyl (C=O) groups is 1. The van der Waals surface area contributed by atoms with Gasteiger partial charge in [0.1, 0.15) is 17.2 Å². The Morgan fingerprint density at radius 3 is 2.48 bits per heavy atom. The molecular formula is C26H32O5. The smallest absolute Gasteiger partial charge is 0.169 e. The van der Waals surface area contributed by atoms with E-state index in [9.17, 15) is 20.1 Å². The van der Waals surface area contributed by atoms with Crippen LogP contribution >= 0.6 is 0 Å². The van der Waals surface area contributed by atoms with Crippen LogP contribution in [-0.4, -0.2) is 33.8 Å². The number of phenols is 2. The normalized spacial score (nSPS) is 18.8. The molecule has 5 heteroatoms. The van der Waals surface area contributed by atoms with Gasteiger partial charge < -0.3 is 20.1 Å². The number of phenolic OH excluding ortho intramolecular Hbond substituents is 2. The summed E-state index contributed by atoms with van der Waals surface area (Å²) in [6.45, 7) is 7.83. The zero-order valence-electron chi connectivity index (χ0n) is 19.0. The van der Waals surface area contributed by atoms with Crippen LogP contribution in [0.2, 0.25) is 0 Å². The zero-order chi connectivity index (χ0) is 22.9. The van der Waals surface area contributed by atoms with E-state index in [0.29, 0.717) is 28.7 Å². The molecule has 31 heavy (non-hydrogen) atoms. The molecule has 2 aromatic rings. The summed E-state index contributed by atoms with van der Waals surface area (Å²) in [5.41, 5.74) is 2.68. The van der Waals surface area contributed by atoms with Gasteiger partial charge in [-0.05, 0) is 70.0 Å². The third kappa shape index (κ3) is 4.77. The predicted molar refractivity (Wildman–Crippen MR) is 123 cm³/mol. The number of ketones is 1. The SMILES string of the molecule is COc1cc2cc3c(c(O)c2c(O)c1CC=C(C)CCC=C(C)C)C(=O)C[C@](C)(O)C3. The number of rotatable bonds is 6. The molecule has 0 amide bonds. The second kappa shape index (κ2) is 8.75. The van der Waals surface area contributed by atoms with Crippen molar-refractivity contribution in [3.05, 3.63) is 52.1 Å². The van der Waals surface area contributed by atoms with Crippen molar-refractivity contribution in [2.45, 2.75) is 65.4 Å². The van der Waals surface area contributed by atoms with E-state index in [-0.39, 0.29) is 41.1 Å². The van der Waals surface area contributed by atoms with Crippen molar-refractivity contribution in [1.82, 2.24) is 0 Å². The largest absolute Gasteiger partial charge is 0.507 e. The zero-order valence-corrected chi connectivity index (χ0v) is 19.0. The Morgan fingerprint density at radius 1 is 1.13 bits per heavy atom. The van der Waals surface area contributed by atoms with Gasteiger partial charge in [-0.15, -0.1) is 0 Å². The molecular weight excluding hydrogens is 392 g/mol. The summed E-state index contributed by atoms with van der Waals surface area (Å²) in [5, 5.41) is 33.2. The molecule has 1 aliphatic rings. The molecule has 5 nitrogen and oxygen atoms in total. The molecule has 0 bridgehead atoms. The Balaban J connectivity index is 2.06. The molecule has 0 saturated heterocycles. The molecule has 0 aromatic heterocycles. The maximum atomic E-state index is 12.6. The van der Waals surface area contributed by atoms with Gasteiger partial charge in [0.2, 0.25) is 0 Å². The molecule has 0 aliphatic heterocycles. The Hall–Kier alpha value is -2.79. The fraction of sp³-hybridized carbons (Fsp3) is 0.423. The van der Waals surface area contributed by atoms with Crippen molar-refractivity contribution < 1.29 is 24.9 Å². The van der Waals surface area contributed by atoms with Crippen molar-refractivity contribution in [3.8, 4) is 17.2 Å². The van der Waals surface area contributed by atoms with E-state index in [0.717, 1.165) is 12.8 Å². The first-order chi connectivity index (χ1) is 14.5. The van der Waals surface area contributed by atoms with Crippen LogP contribution in [0.5, 0.6) is 17.2 Å². The molecule has 0 saturated carbocycles. The van der Waals surface area contributed by atoms with Crippen molar-refractivity contribution in [1.29, 1.82) is 0 Å². The van der Waals surface area contributed by atoms with E-state index in [1.807, 2.05) is 0 Å². The number of carbonyl (C=O) groups excluding carboxylic acids is 1. The van der Waals surface area contributed by atoms with E-state index in [2.05, 4.69) is 32.9 Å². The van der Waals surface area contributed by atoms with E-state index < -0.39 is 5.60 Å². The summed E-state index contributed by atoms with van der Waals surface area (Å²) in [6, 6.07) is 3.52.